The van der Waals surface area contributed by atoms with Crippen LogP contribution < -0.4 is 5.32 Å². The number of carbonyl (C=O) groups excluding carboxylic acids is 2. The highest BCUT2D eigenvalue weighted by Gasteiger charge is 2.29. The van der Waals surface area contributed by atoms with Gasteiger partial charge in [0.25, 0.3) is 5.91 Å². The number of nitrogens with one attached hydrogen (secondary N) is 1. The van der Waals surface area contributed by atoms with Crippen LogP contribution in [0.3, 0.4) is 0 Å². The summed E-state index contributed by atoms with van der Waals surface area (Å²) >= 11 is 0. The van der Waals surface area contributed by atoms with Crippen LogP contribution in [0.1, 0.15) is 17.3 Å². The summed E-state index contributed by atoms with van der Waals surface area (Å²) in [5.74, 6) is -0.168. The zero-order valence-electron chi connectivity index (χ0n) is 9.14. The van der Waals surface area contributed by atoms with Gasteiger partial charge in [0.1, 0.15) is 6.04 Å². The molecular weight excluding hydrogens is 204 g/mol. The first kappa shape index (κ1) is 10.7. The number of amides is 2. The lowest BCUT2D eigenvalue weighted by atomic mass is 10.1. The normalized spacial score (nSPS) is 20.4. The van der Waals surface area contributed by atoms with E-state index in [1.54, 1.807) is 24.0 Å². The number of benzene rings is 1. The van der Waals surface area contributed by atoms with Gasteiger partial charge >= 0.3 is 0 Å². The Morgan fingerprint density at radius 2 is 2.06 bits per heavy atom. The van der Waals surface area contributed by atoms with Gasteiger partial charge < -0.3 is 10.2 Å². The Hall–Kier alpha value is -1.84. The van der Waals surface area contributed by atoms with E-state index in [-0.39, 0.29) is 17.9 Å². The monoisotopic (exact) mass is 218 g/mol. The van der Waals surface area contributed by atoms with Gasteiger partial charge in [0.2, 0.25) is 5.91 Å². The van der Waals surface area contributed by atoms with Crippen molar-refractivity contribution < 1.29 is 9.59 Å². The molecule has 1 saturated heterocycles. The molecule has 0 unspecified atom stereocenters. The molecule has 1 aromatic rings. The topological polar surface area (TPSA) is 49.4 Å². The van der Waals surface area contributed by atoms with Crippen molar-refractivity contribution in [1.29, 1.82) is 0 Å². The van der Waals surface area contributed by atoms with Gasteiger partial charge in [-0.25, -0.2) is 0 Å². The second-order valence-corrected chi connectivity index (χ2v) is 3.83. The Balaban J connectivity index is 2.19. The summed E-state index contributed by atoms with van der Waals surface area (Å²) < 4.78 is 0. The highest BCUT2D eigenvalue weighted by Crippen LogP contribution is 2.10. The van der Waals surface area contributed by atoms with Gasteiger partial charge in [-0.05, 0) is 19.1 Å². The number of hydrogen-bond acceptors (Lipinski definition) is 2. The summed E-state index contributed by atoms with van der Waals surface area (Å²) in [7, 11) is 0. The highest BCUT2D eigenvalue weighted by atomic mass is 16.2. The van der Waals surface area contributed by atoms with Crippen molar-refractivity contribution in [1.82, 2.24) is 10.2 Å². The maximum atomic E-state index is 12.1. The van der Waals surface area contributed by atoms with Crippen molar-refractivity contribution in [3.63, 3.8) is 0 Å². The molecule has 1 aliphatic rings. The van der Waals surface area contributed by atoms with Crippen LogP contribution in [0.5, 0.6) is 0 Å². The molecule has 1 aliphatic heterocycles. The van der Waals surface area contributed by atoms with E-state index in [0.29, 0.717) is 18.7 Å². The average molecular weight is 218 g/mol. The van der Waals surface area contributed by atoms with Gasteiger partial charge in [0.05, 0.1) is 0 Å². The zero-order valence-corrected chi connectivity index (χ0v) is 9.14. The van der Waals surface area contributed by atoms with E-state index in [2.05, 4.69) is 5.32 Å². The van der Waals surface area contributed by atoms with Crippen LogP contribution in [-0.4, -0.2) is 35.8 Å². The fourth-order valence-electron chi connectivity index (χ4n) is 1.81. The van der Waals surface area contributed by atoms with Crippen LogP contribution in [0, 0.1) is 0 Å². The lowest BCUT2D eigenvalue weighted by molar-refractivity contribution is -0.127. The summed E-state index contributed by atoms with van der Waals surface area (Å²) in [4.78, 5) is 25.1. The molecule has 1 N–H and O–H groups in total. The van der Waals surface area contributed by atoms with E-state index in [9.17, 15) is 9.59 Å². The first-order valence-electron chi connectivity index (χ1n) is 5.34. The Morgan fingerprint density at radius 1 is 1.38 bits per heavy atom. The molecule has 0 spiro atoms. The number of hydrogen-bond donors (Lipinski definition) is 1. The summed E-state index contributed by atoms with van der Waals surface area (Å²) in [5, 5.41) is 2.74. The smallest absolute Gasteiger partial charge is 0.254 e. The molecular formula is C12H14N2O2. The van der Waals surface area contributed by atoms with Crippen LogP contribution in [0.2, 0.25) is 0 Å². The molecule has 1 atom stereocenters. The van der Waals surface area contributed by atoms with Gasteiger partial charge in [0.15, 0.2) is 0 Å². The third-order valence-corrected chi connectivity index (χ3v) is 2.78. The first-order chi connectivity index (χ1) is 7.70. The molecule has 0 aliphatic carbocycles. The SMILES string of the molecule is C[C@@H]1C(=O)NCCN1C(=O)c1ccccc1. The van der Waals surface area contributed by atoms with E-state index < -0.39 is 0 Å². The molecule has 4 heteroatoms. The Bertz CT molecular complexity index is 403. The van der Waals surface area contributed by atoms with Crippen LogP contribution >= 0.6 is 0 Å². The Labute approximate surface area is 94.2 Å². The van der Waals surface area contributed by atoms with Crippen molar-refractivity contribution in [2.75, 3.05) is 13.1 Å². The summed E-state index contributed by atoms with van der Waals surface area (Å²) in [6.45, 7) is 2.84. The molecule has 84 valence electrons. The second-order valence-electron chi connectivity index (χ2n) is 3.83. The number of nitrogens with zero attached hydrogens (tertiary/aromatic N) is 1. The molecule has 16 heavy (non-hydrogen) atoms. The van der Waals surface area contributed by atoms with Crippen LogP contribution in [0.15, 0.2) is 30.3 Å². The van der Waals surface area contributed by atoms with Gasteiger partial charge in [-0.3, -0.25) is 9.59 Å². The molecule has 1 heterocycles. The lowest BCUT2D eigenvalue weighted by Crippen LogP contribution is -2.55. The van der Waals surface area contributed by atoms with Crippen molar-refractivity contribution in [3.05, 3.63) is 35.9 Å². The van der Waals surface area contributed by atoms with E-state index in [0.717, 1.165) is 0 Å². The Kier molecular flexibility index (Phi) is 2.90. The van der Waals surface area contributed by atoms with Crippen LogP contribution in [-0.2, 0) is 4.79 Å². The van der Waals surface area contributed by atoms with Crippen molar-refractivity contribution >= 4 is 11.8 Å². The first-order valence-corrected chi connectivity index (χ1v) is 5.34. The van der Waals surface area contributed by atoms with Crippen LogP contribution in [0.4, 0.5) is 0 Å². The van der Waals surface area contributed by atoms with E-state index in [1.807, 2.05) is 18.2 Å². The minimum absolute atomic E-state index is 0.0806. The minimum atomic E-state index is -0.388. The number of carbonyl (C=O) groups is 2. The molecule has 0 saturated carbocycles. The van der Waals surface area contributed by atoms with Gasteiger partial charge in [-0.1, -0.05) is 18.2 Å². The molecule has 2 rings (SSSR count). The predicted molar refractivity (Wildman–Crippen MR) is 60.0 cm³/mol. The lowest BCUT2D eigenvalue weighted by Gasteiger charge is -2.32. The maximum Gasteiger partial charge on any atom is 0.254 e. The summed E-state index contributed by atoms with van der Waals surface area (Å²) in [6, 6.07) is 8.65. The van der Waals surface area contributed by atoms with E-state index in [1.165, 1.54) is 0 Å². The molecule has 1 aromatic carbocycles. The Morgan fingerprint density at radius 3 is 2.75 bits per heavy atom. The standard InChI is InChI=1S/C12H14N2O2/c1-9-11(15)13-7-8-14(9)12(16)10-5-3-2-4-6-10/h2-6,9H,7-8H2,1H3,(H,13,15)/t9-/m1/s1. The molecule has 4 nitrogen and oxygen atoms in total. The fourth-order valence-corrected chi connectivity index (χ4v) is 1.81. The van der Waals surface area contributed by atoms with Gasteiger partial charge in [-0.2, -0.15) is 0 Å². The summed E-state index contributed by atoms with van der Waals surface area (Å²) in [5.41, 5.74) is 0.629. The quantitative estimate of drug-likeness (QED) is 0.752. The number of piperazine rings is 1. The van der Waals surface area contributed by atoms with E-state index >= 15 is 0 Å². The molecule has 0 radical (unpaired) electrons. The predicted octanol–water partition coefficient (Wildman–Crippen LogP) is 0.647. The van der Waals surface area contributed by atoms with Crippen molar-refractivity contribution in [2.24, 2.45) is 0 Å². The van der Waals surface area contributed by atoms with Crippen LogP contribution in [0.25, 0.3) is 0 Å². The van der Waals surface area contributed by atoms with E-state index in [4.69, 9.17) is 0 Å². The maximum absolute atomic E-state index is 12.1. The molecule has 0 aromatic heterocycles. The average Bonchev–Trinajstić information content (AvgIpc) is 2.33. The van der Waals surface area contributed by atoms with Gasteiger partial charge in [-0.15, -0.1) is 0 Å². The molecule has 1 fully saturated rings. The second kappa shape index (κ2) is 4.35. The third kappa shape index (κ3) is 1.91. The van der Waals surface area contributed by atoms with Crippen molar-refractivity contribution in [2.45, 2.75) is 13.0 Å². The van der Waals surface area contributed by atoms with Crippen molar-refractivity contribution in [3.8, 4) is 0 Å². The zero-order chi connectivity index (χ0) is 11.5. The largest absolute Gasteiger partial charge is 0.353 e. The molecule has 0 bridgehead atoms. The van der Waals surface area contributed by atoms with Gasteiger partial charge in [0, 0.05) is 18.7 Å². The minimum Gasteiger partial charge on any atom is -0.353 e. The number of rotatable bonds is 1. The third-order valence-electron chi connectivity index (χ3n) is 2.78. The summed E-state index contributed by atoms with van der Waals surface area (Å²) in [6.07, 6.45) is 0. The fraction of sp³-hybridized carbons (Fsp3) is 0.333. The molecule has 2 amide bonds. The highest BCUT2D eigenvalue weighted by molar-refractivity contribution is 5.98.